The van der Waals surface area contributed by atoms with Gasteiger partial charge in [0.05, 0.1) is 38.1 Å². The first-order chi connectivity index (χ1) is 18.0. The van der Waals surface area contributed by atoms with Gasteiger partial charge in [-0.25, -0.2) is 4.79 Å². The SMILES string of the molecule is COC(=O)c1ccc2c(C3CCCCC3)c3n(c2c1)CC(C(=O)N1CCOCC1)=Cc1ccc(Cl)cc1-3. The number of nitrogens with zero attached hydrogens (tertiary/aromatic N) is 2. The lowest BCUT2D eigenvalue weighted by molar-refractivity contribution is -0.131. The lowest BCUT2D eigenvalue weighted by Crippen LogP contribution is -2.41. The van der Waals surface area contributed by atoms with Crippen LogP contribution >= 0.6 is 11.6 Å². The van der Waals surface area contributed by atoms with Crippen molar-refractivity contribution in [2.45, 2.75) is 44.6 Å². The van der Waals surface area contributed by atoms with Crippen LogP contribution in [0, 0.1) is 0 Å². The van der Waals surface area contributed by atoms with E-state index < -0.39 is 0 Å². The molecule has 0 bridgehead atoms. The molecule has 1 saturated carbocycles. The monoisotopic (exact) mass is 518 g/mol. The average Bonchev–Trinajstić information content (AvgIpc) is 3.16. The summed E-state index contributed by atoms with van der Waals surface area (Å²) in [6.07, 6.45) is 7.97. The number of hydrogen-bond acceptors (Lipinski definition) is 4. The van der Waals surface area contributed by atoms with E-state index in [0.717, 1.165) is 46.1 Å². The van der Waals surface area contributed by atoms with Crippen molar-refractivity contribution < 1.29 is 19.1 Å². The van der Waals surface area contributed by atoms with Crippen LogP contribution in [0.2, 0.25) is 5.02 Å². The third-order valence-corrected chi connectivity index (χ3v) is 8.28. The van der Waals surface area contributed by atoms with E-state index in [2.05, 4.69) is 10.6 Å². The molecular formula is C30H31ClN2O4. The number of amides is 1. The maximum atomic E-state index is 13.7. The summed E-state index contributed by atoms with van der Waals surface area (Å²) in [5, 5.41) is 1.80. The number of methoxy groups -OCH3 is 1. The van der Waals surface area contributed by atoms with Crippen LogP contribution in [0.25, 0.3) is 28.2 Å². The molecule has 0 spiro atoms. The third kappa shape index (κ3) is 4.36. The summed E-state index contributed by atoms with van der Waals surface area (Å²) in [4.78, 5) is 28.1. The summed E-state index contributed by atoms with van der Waals surface area (Å²) >= 11 is 6.56. The second kappa shape index (κ2) is 9.99. The Bertz CT molecular complexity index is 1410. The number of morpholine rings is 1. The summed E-state index contributed by atoms with van der Waals surface area (Å²) in [6.45, 7) is 2.70. The summed E-state index contributed by atoms with van der Waals surface area (Å²) in [6, 6.07) is 11.8. The summed E-state index contributed by atoms with van der Waals surface area (Å²) in [5.74, 6) is 0.0796. The summed E-state index contributed by atoms with van der Waals surface area (Å²) in [7, 11) is 1.40. The molecule has 3 heterocycles. The first kappa shape index (κ1) is 24.3. The Kier molecular flexibility index (Phi) is 6.55. The number of carbonyl (C=O) groups excluding carboxylic acids is 2. The fourth-order valence-corrected chi connectivity index (χ4v) is 6.41. The number of halogens is 1. The largest absolute Gasteiger partial charge is 0.465 e. The number of carbonyl (C=O) groups is 2. The maximum absolute atomic E-state index is 13.7. The van der Waals surface area contributed by atoms with Crippen molar-refractivity contribution in [3.05, 3.63) is 63.7 Å². The lowest BCUT2D eigenvalue weighted by Gasteiger charge is -2.28. The predicted octanol–water partition coefficient (Wildman–Crippen LogP) is 6.05. The molecule has 0 atom stereocenters. The maximum Gasteiger partial charge on any atom is 0.337 e. The van der Waals surface area contributed by atoms with E-state index in [4.69, 9.17) is 21.1 Å². The van der Waals surface area contributed by atoms with E-state index in [9.17, 15) is 9.59 Å². The van der Waals surface area contributed by atoms with Crippen LogP contribution in [-0.4, -0.2) is 54.8 Å². The van der Waals surface area contributed by atoms with Crippen LogP contribution in [0.5, 0.6) is 0 Å². The molecular weight excluding hydrogens is 488 g/mol. The fourth-order valence-electron chi connectivity index (χ4n) is 6.24. The van der Waals surface area contributed by atoms with Gasteiger partial charge in [-0.2, -0.15) is 0 Å². The van der Waals surface area contributed by atoms with Gasteiger partial charge in [-0.3, -0.25) is 4.79 Å². The van der Waals surface area contributed by atoms with Crippen LogP contribution in [0.15, 0.2) is 42.0 Å². The van der Waals surface area contributed by atoms with Gasteiger partial charge in [-0.05, 0) is 60.2 Å². The summed E-state index contributed by atoms with van der Waals surface area (Å²) in [5.41, 5.74) is 6.63. The van der Waals surface area contributed by atoms with E-state index in [0.29, 0.717) is 49.4 Å². The molecule has 7 heteroatoms. The number of hydrogen-bond donors (Lipinski definition) is 0. The average molecular weight is 519 g/mol. The number of fused-ring (bicyclic) bond motifs is 5. The highest BCUT2D eigenvalue weighted by atomic mass is 35.5. The van der Waals surface area contributed by atoms with Crippen molar-refractivity contribution in [2.24, 2.45) is 0 Å². The molecule has 3 aromatic rings. The molecule has 2 fully saturated rings. The topological polar surface area (TPSA) is 60.8 Å². The molecule has 1 saturated heterocycles. The number of benzene rings is 2. The van der Waals surface area contributed by atoms with E-state index in [1.807, 2.05) is 41.3 Å². The van der Waals surface area contributed by atoms with E-state index in [1.54, 1.807) is 0 Å². The molecule has 2 aromatic carbocycles. The highest BCUT2D eigenvalue weighted by Gasteiger charge is 2.31. The molecule has 1 amide bonds. The summed E-state index contributed by atoms with van der Waals surface area (Å²) < 4.78 is 12.8. The van der Waals surface area contributed by atoms with Gasteiger partial charge in [0.1, 0.15) is 0 Å². The minimum atomic E-state index is -0.367. The highest BCUT2D eigenvalue weighted by Crippen LogP contribution is 2.47. The lowest BCUT2D eigenvalue weighted by atomic mass is 9.81. The standard InChI is InChI=1S/C30H31ClN2O4/c1-36-30(35)21-8-10-24-26(16-21)33-18-22(29(34)32-11-13-37-14-12-32)15-20-7-9-23(31)17-25(20)28(33)27(24)19-5-3-2-4-6-19/h7-10,15-17,19H,2-6,11-14,18H2,1H3. The third-order valence-electron chi connectivity index (χ3n) is 8.04. The molecule has 2 aliphatic heterocycles. The van der Waals surface area contributed by atoms with Crippen LogP contribution in [0.4, 0.5) is 0 Å². The highest BCUT2D eigenvalue weighted by molar-refractivity contribution is 6.31. The van der Waals surface area contributed by atoms with E-state index in [-0.39, 0.29) is 11.9 Å². The van der Waals surface area contributed by atoms with Crippen LogP contribution < -0.4 is 0 Å². The Morgan fingerprint density at radius 3 is 2.57 bits per heavy atom. The Labute approximate surface area is 221 Å². The van der Waals surface area contributed by atoms with Crippen molar-refractivity contribution in [2.75, 3.05) is 33.4 Å². The minimum absolute atomic E-state index is 0.0299. The molecule has 0 N–H and O–H groups in total. The Balaban J connectivity index is 1.60. The van der Waals surface area contributed by atoms with Gasteiger partial charge in [-0.1, -0.05) is 43.0 Å². The zero-order chi connectivity index (χ0) is 25.5. The molecule has 6 rings (SSSR count). The van der Waals surface area contributed by atoms with Crippen molar-refractivity contribution in [1.82, 2.24) is 9.47 Å². The van der Waals surface area contributed by atoms with Crippen LogP contribution in [-0.2, 0) is 20.8 Å². The number of esters is 1. The second-order valence-corrected chi connectivity index (χ2v) is 10.6. The van der Waals surface area contributed by atoms with Gasteiger partial charge >= 0.3 is 5.97 Å². The van der Waals surface area contributed by atoms with Crippen molar-refractivity contribution >= 4 is 40.5 Å². The Morgan fingerprint density at radius 1 is 1.03 bits per heavy atom. The Hall–Kier alpha value is -3.09. The van der Waals surface area contributed by atoms with E-state index in [1.165, 1.54) is 31.9 Å². The van der Waals surface area contributed by atoms with Crippen LogP contribution in [0.1, 0.15) is 59.5 Å². The molecule has 0 unspecified atom stereocenters. The first-order valence-corrected chi connectivity index (χ1v) is 13.5. The molecule has 3 aliphatic rings. The number of aromatic nitrogens is 1. The van der Waals surface area contributed by atoms with Crippen molar-refractivity contribution in [1.29, 1.82) is 0 Å². The van der Waals surface area contributed by atoms with Gasteiger partial charge in [0.2, 0.25) is 0 Å². The molecule has 192 valence electrons. The zero-order valence-corrected chi connectivity index (χ0v) is 21.9. The fraction of sp³-hybridized carbons (Fsp3) is 0.400. The first-order valence-electron chi connectivity index (χ1n) is 13.2. The molecule has 37 heavy (non-hydrogen) atoms. The molecule has 1 aliphatic carbocycles. The van der Waals surface area contributed by atoms with Crippen molar-refractivity contribution in [3.8, 4) is 11.3 Å². The normalized spacial score (nSPS) is 18.1. The van der Waals surface area contributed by atoms with Crippen molar-refractivity contribution in [3.63, 3.8) is 0 Å². The van der Waals surface area contributed by atoms with Gasteiger partial charge in [0.25, 0.3) is 5.91 Å². The van der Waals surface area contributed by atoms with Gasteiger partial charge in [-0.15, -0.1) is 0 Å². The van der Waals surface area contributed by atoms with E-state index >= 15 is 0 Å². The van der Waals surface area contributed by atoms with Gasteiger partial charge in [0, 0.05) is 40.2 Å². The number of rotatable bonds is 3. The van der Waals surface area contributed by atoms with Crippen LogP contribution in [0.3, 0.4) is 0 Å². The van der Waals surface area contributed by atoms with Gasteiger partial charge in [0.15, 0.2) is 0 Å². The second-order valence-electron chi connectivity index (χ2n) is 10.2. The minimum Gasteiger partial charge on any atom is -0.465 e. The molecule has 1 aromatic heterocycles. The molecule has 0 radical (unpaired) electrons. The smallest absolute Gasteiger partial charge is 0.337 e. The zero-order valence-electron chi connectivity index (χ0n) is 21.1. The van der Waals surface area contributed by atoms with Gasteiger partial charge < -0.3 is 18.9 Å². The quantitative estimate of drug-likeness (QED) is 0.396. The predicted molar refractivity (Wildman–Crippen MR) is 145 cm³/mol. The Morgan fingerprint density at radius 2 is 1.81 bits per heavy atom. The molecule has 6 nitrogen and oxygen atoms in total. The number of ether oxygens (including phenoxy) is 2.